The van der Waals surface area contributed by atoms with E-state index in [1.165, 1.54) is 13.5 Å². The molecule has 0 spiro atoms. The molecule has 0 saturated heterocycles. The zero-order valence-electron chi connectivity index (χ0n) is 10.3. The fraction of sp³-hybridized carbons (Fsp3) is 0.923. The summed E-state index contributed by atoms with van der Waals surface area (Å²) in [4.78, 5) is 11.4. The molecule has 92 valence electrons. The summed E-state index contributed by atoms with van der Waals surface area (Å²) >= 11 is 0. The molecule has 3 atom stereocenters. The highest BCUT2D eigenvalue weighted by molar-refractivity contribution is 5.69. The number of fused-ring (bicyclic) bond motifs is 1. The molecule has 3 nitrogen and oxygen atoms in total. The fourth-order valence-electron chi connectivity index (χ4n) is 3.75. The van der Waals surface area contributed by atoms with E-state index in [1.54, 1.807) is 0 Å². The van der Waals surface area contributed by atoms with Crippen LogP contribution in [0.1, 0.15) is 51.9 Å². The van der Waals surface area contributed by atoms with Crippen molar-refractivity contribution in [2.24, 2.45) is 11.3 Å². The molecule has 2 rings (SSSR count). The van der Waals surface area contributed by atoms with Gasteiger partial charge in [-0.15, -0.1) is 0 Å². The first-order valence-electron chi connectivity index (χ1n) is 6.31. The molecule has 0 aromatic rings. The molecule has 0 aromatic heterocycles. The number of rotatable bonds is 2. The quantitative estimate of drug-likeness (QED) is 0.735. The van der Waals surface area contributed by atoms with Crippen molar-refractivity contribution in [3.05, 3.63) is 0 Å². The highest BCUT2D eigenvalue weighted by atomic mass is 16.5. The summed E-state index contributed by atoms with van der Waals surface area (Å²) in [5, 5.41) is 10.9. The zero-order chi connectivity index (χ0) is 11.8. The molecule has 0 heterocycles. The molecule has 1 N–H and O–H groups in total. The van der Waals surface area contributed by atoms with Crippen molar-refractivity contribution in [1.29, 1.82) is 0 Å². The maximum absolute atomic E-state index is 11.4. The Labute approximate surface area is 97.2 Å². The Morgan fingerprint density at radius 1 is 1.38 bits per heavy atom. The van der Waals surface area contributed by atoms with Gasteiger partial charge in [-0.2, -0.15) is 0 Å². The molecule has 0 bridgehead atoms. The Hall–Kier alpha value is -0.570. The first kappa shape index (κ1) is 11.9. The normalized spacial score (nSPS) is 42.8. The van der Waals surface area contributed by atoms with E-state index in [-0.39, 0.29) is 17.3 Å². The van der Waals surface area contributed by atoms with Gasteiger partial charge in [0.2, 0.25) is 0 Å². The van der Waals surface area contributed by atoms with Crippen LogP contribution in [0.15, 0.2) is 0 Å². The van der Waals surface area contributed by atoms with Crippen LogP contribution >= 0.6 is 0 Å². The van der Waals surface area contributed by atoms with E-state index in [0.29, 0.717) is 6.42 Å². The lowest BCUT2D eigenvalue weighted by atomic mass is 9.63. The minimum atomic E-state index is -0.626. The predicted octanol–water partition coefficient (Wildman–Crippen LogP) is 2.27. The Morgan fingerprint density at radius 2 is 2.06 bits per heavy atom. The van der Waals surface area contributed by atoms with Gasteiger partial charge in [0.05, 0.1) is 19.1 Å². The van der Waals surface area contributed by atoms with Gasteiger partial charge in [0.1, 0.15) is 0 Å². The van der Waals surface area contributed by atoms with E-state index in [4.69, 9.17) is 4.74 Å². The van der Waals surface area contributed by atoms with Gasteiger partial charge in [0, 0.05) is 0 Å². The van der Waals surface area contributed by atoms with Crippen molar-refractivity contribution in [3.63, 3.8) is 0 Å². The average Bonchev–Trinajstić information content (AvgIpc) is 2.52. The first-order chi connectivity index (χ1) is 7.52. The molecular formula is C13H22O3. The van der Waals surface area contributed by atoms with E-state index in [0.717, 1.165) is 32.1 Å². The van der Waals surface area contributed by atoms with E-state index in [9.17, 15) is 9.90 Å². The number of carbonyl (C=O) groups is 1. The van der Waals surface area contributed by atoms with Gasteiger partial charge in [-0.05, 0) is 37.0 Å². The molecule has 2 aliphatic rings. The molecule has 2 saturated carbocycles. The van der Waals surface area contributed by atoms with Gasteiger partial charge in [0.15, 0.2) is 0 Å². The van der Waals surface area contributed by atoms with Crippen LogP contribution in [-0.2, 0) is 9.53 Å². The molecule has 2 fully saturated rings. The van der Waals surface area contributed by atoms with Gasteiger partial charge >= 0.3 is 5.97 Å². The van der Waals surface area contributed by atoms with Crippen LogP contribution in [0.2, 0.25) is 0 Å². The third-order valence-corrected chi connectivity index (χ3v) is 4.94. The average molecular weight is 226 g/mol. The van der Waals surface area contributed by atoms with Crippen LogP contribution in [-0.4, -0.2) is 23.8 Å². The monoisotopic (exact) mass is 226 g/mol. The van der Waals surface area contributed by atoms with Crippen LogP contribution in [0.5, 0.6) is 0 Å². The van der Waals surface area contributed by atoms with Gasteiger partial charge in [-0.1, -0.05) is 19.8 Å². The molecule has 0 aliphatic heterocycles. The fourth-order valence-corrected chi connectivity index (χ4v) is 3.75. The smallest absolute Gasteiger partial charge is 0.305 e. The largest absolute Gasteiger partial charge is 0.469 e. The highest BCUT2D eigenvalue weighted by Gasteiger charge is 2.57. The van der Waals surface area contributed by atoms with Crippen LogP contribution in [0.4, 0.5) is 0 Å². The summed E-state index contributed by atoms with van der Waals surface area (Å²) < 4.78 is 4.72. The summed E-state index contributed by atoms with van der Waals surface area (Å²) in [6.45, 7) is 2.18. The van der Waals surface area contributed by atoms with Crippen LogP contribution in [0.3, 0.4) is 0 Å². The Morgan fingerprint density at radius 3 is 2.75 bits per heavy atom. The molecule has 0 amide bonds. The van der Waals surface area contributed by atoms with Crippen molar-refractivity contribution >= 4 is 5.97 Å². The van der Waals surface area contributed by atoms with Crippen molar-refractivity contribution in [2.45, 2.75) is 57.5 Å². The minimum Gasteiger partial charge on any atom is -0.469 e. The second-order valence-corrected chi connectivity index (χ2v) is 5.71. The summed E-state index contributed by atoms with van der Waals surface area (Å²) in [6.07, 6.45) is 6.63. The summed E-state index contributed by atoms with van der Waals surface area (Å²) in [5.41, 5.74) is -0.594. The second-order valence-electron chi connectivity index (χ2n) is 5.71. The van der Waals surface area contributed by atoms with Gasteiger partial charge < -0.3 is 9.84 Å². The van der Waals surface area contributed by atoms with Crippen molar-refractivity contribution < 1.29 is 14.6 Å². The third-order valence-electron chi connectivity index (χ3n) is 4.94. The number of carbonyl (C=O) groups excluding carboxylic acids is 1. The topological polar surface area (TPSA) is 46.5 Å². The van der Waals surface area contributed by atoms with E-state index in [2.05, 4.69) is 6.92 Å². The van der Waals surface area contributed by atoms with E-state index < -0.39 is 5.60 Å². The van der Waals surface area contributed by atoms with Crippen molar-refractivity contribution in [3.8, 4) is 0 Å². The molecule has 0 unspecified atom stereocenters. The Bertz CT molecular complexity index is 289. The van der Waals surface area contributed by atoms with E-state index in [1.807, 2.05) is 0 Å². The van der Waals surface area contributed by atoms with Gasteiger partial charge in [-0.3, -0.25) is 4.79 Å². The summed E-state index contributed by atoms with van der Waals surface area (Å²) in [5.74, 6) is -0.0847. The maximum atomic E-state index is 11.4. The highest BCUT2D eigenvalue weighted by Crippen LogP contribution is 2.58. The Kier molecular flexibility index (Phi) is 2.99. The number of methoxy groups -OCH3 is 1. The summed E-state index contributed by atoms with van der Waals surface area (Å²) in [7, 11) is 1.42. The van der Waals surface area contributed by atoms with Crippen LogP contribution in [0, 0.1) is 11.3 Å². The first-order valence-corrected chi connectivity index (χ1v) is 6.31. The van der Waals surface area contributed by atoms with Gasteiger partial charge in [-0.25, -0.2) is 0 Å². The molecule has 0 radical (unpaired) electrons. The van der Waals surface area contributed by atoms with Crippen molar-refractivity contribution in [2.75, 3.05) is 7.11 Å². The minimum absolute atomic E-state index is 0.0317. The van der Waals surface area contributed by atoms with Crippen molar-refractivity contribution in [1.82, 2.24) is 0 Å². The van der Waals surface area contributed by atoms with Gasteiger partial charge in [0.25, 0.3) is 0 Å². The lowest BCUT2D eigenvalue weighted by Gasteiger charge is -2.46. The maximum Gasteiger partial charge on any atom is 0.305 e. The predicted molar refractivity (Wildman–Crippen MR) is 60.9 cm³/mol. The molecule has 0 aromatic carbocycles. The number of hydrogen-bond acceptors (Lipinski definition) is 3. The summed E-state index contributed by atoms with van der Waals surface area (Å²) in [6, 6.07) is 0. The molecule has 16 heavy (non-hydrogen) atoms. The molecule has 2 aliphatic carbocycles. The lowest BCUT2D eigenvalue weighted by molar-refractivity contribution is -0.149. The third kappa shape index (κ3) is 1.65. The molecule has 3 heteroatoms. The number of aliphatic hydroxyl groups is 1. The number of hydrogen-bond donors (Lipinski definition) is 1. The standard InChI is InChI=1S/C13H22O3/c1-12-6-3-4-7-13(12,15)10(5-8-12)9-11(14)16-2/h10,15H,3-9H2,1-2H3/t10-,12-,13-/m1/s1. The van der Waals surface area contributed by atoms with Crippen LogP contribution < -0.4 is 0 Å². The zero-order valence-corrected chi connectivity index (χ0v) is 10.3. The SMILES string of the molecule is COC(=O)C[C@H]1CC[C@@]2(C)CCCC[C@@]12O. The number of esters is 1. The number of ether oxygens (including phenoxy) is 1. The van der Waals surface area contributed by atoms with E-state index >= 15 is 0 Å². The lowest BCUT2D eigenvalue weighted by Crippen LogP contribution is -2.49. The van der Waals surface area contributed by atoms with Crippen LogP contribution in [0.25, 0.3) is 0 Å². The second kappa shape index (κ2) is 4.02. The molecular weight excluding hydrogens is 204 g/mol. The Balaban J connectivity index is 2.14.